The number of phenolic OH excluding ortho intramolecular Hbond substituents is 3. The van der Waals surface area contributed by atoms with E-state index in [0.29, 0.717) is 11.8 Å². The van der Waals surface area contributed by atoms with Crippen molar-refractivity contribution in [1.29, 1.82) is 0 Å². The maximum absolute atomic E-state index is 13.0. The summed E-state index contributed by atoms with van der Waals surface area (Å²) in [6, 6.07) is 3.63. The van der Waals surface area contributed by atoms with Gasteiger partial charge in [0.15, 0.2) is 23.5 Å². The molecule has 0 bridgehead atoms. The fourth-order valence-electron chi connectivity index (χ4n) is 4.20. The van der Waals surface area contributed by atoms with Crippen LogP contribution in [0.25, 0.3) is 0 Å². The Hall–Kier alpha value is -4.73. The topological polar surface area (TPSA) is 171 Å². The number of carbonyl (C=O) groups is 3. The number of phenols is 4. The molecule has 0 amide bonds. The van der Waals surface area contributed by atoms with Gasteiger partial charge >= 0.3 is 11.9 Å². The Bertz CT molecular complexity index is 1430. The van der Waals surface area contributed by atoms with E-state index in [9.17, 15) is 39.9 Å². The largest absolute Gasteiger partial charge is 0.508 e. The van der Waals surface area contributed by atoms with E-state index in [-0.39, 0.29) is 68.5 Å². The molecule has 0 atom stereocenters. The highest BCUT2D eigenvalue weighted by Gasteiger charge is 2.35. The first-order valence-corrected chi connectivity index (χ1v) is 10.3. The molecule has 3 aromatic rings. The highest BCUT2D eigenvalue weighted by atomic mass is 16.6. The van der Waals surface area contributed by atoms with Gasteiger partial charge in [-0.25, -0.2) is 9.59 Å². The predicted molar refractivity (Wildman–Crippen MR) is 120 cm³/mol. The second-order valence-electron chi connectivity index (χ2n) is 8.17. The number of carboxylic acids is 1. The minimum absolute atomic E-state index is 0.115. The number of fused-ring (bicyclic) bond motifs is 2. The summed E-state index contributed by atoms with van der Waals surface area (Å²) in [6.07, 6.45) is -0.00634. The third-order valence-corrected chi connectivity index (χ3v) is 5.94. The van der Waals surface area contributed by atoms with Gasteiger partial charge in [0.1, 0.15) is 34.1 Å². The van der Waals surface area contributed by atoms with Crippen LogP contribution in [-0.4, -0.2) is 43.8 Å². The van der Waals surface area contributed by atoms with Crippen LogP contribution >= 0.6 is 0 Å². The van der Waals surface area contributed by atoms with Crippen LogP contribution in [0.15, 0.2) is 18.2 Å². The number of rotatable bonds is 4. The number of aromatic hydroxyl groups is 4. The van der Waals surface area contributed by atoms with E-state index in [1.807, 2.05) is 0 Å². The van der Waals surface area contributed by atoms with Crippen LogP contribution in [0.2, 0.25) is 0 Å². The molecule has 0 saturated heterocycles. The van der Waals surface area contributed by atoms with Crippen molar-refractivity contribution in [3.8, 4) is 40.2 Å². The van der Waals surface area contributed by atoms with Crippen LogP contribution in [0.5, 0.6) is 40.2 Å². The predicted octanol–water partition coefficient (Wildman–Crippen LogP) is 3.86. The van der Waals surface area contributed by atoms with Crippen molar-refractivity contribution < 1.29 is 49.4 Å². The van der Waals surface area contributed by atoms with Gasteiger partial charge in [-0.1, -0.05) is 0 Å². The second-order valence-corrected chi connectivity index (χ2v) is 8.17. The zero-order valence-electron chi connectivity index (χ0n) is 18.8. The van der Waals surface area contributed by atoms with Crippen molar-refractivity contribution in [1.82, 2.24) is 0 Å². The number of benzene rings is 3. The number of carboxylic acid groups (broad SMARTS) is 1. The fourth-order valence-corrected chi connectivity index (χ4v) is 4.20. The molecule has 5 N–H and O–H groups in total. The van der Waals surface area contributed by atoms with Crippen LogP contribution in [0.1, 0.15) is 58.9 Å². The molecule has 10 nitrogen and oxygen atoms in total. The van der Waals surface area contributed by atoms with Crippen LogP contribution in [0, 0.1) is 20.8 Å². The molecule has 0 fully saturated rings. The summed E-state index contributed by atoms with van der Waals surface area (Å²) in [5.74, 6) is -5.05. The van der Waals surface area contributed by atoms with Crippen molar-refractivity contribution in [2.75, 3.05) is 0 Å². The molecular weight excluding hydrogens is 460 g/mol. The molecule has 0 aliphatic carbocycles. The minimum Gasteiger partial charge on any atom is -0.508 e. The molecule has 0 saturated carbocycles. The number of esters is 1. The molecule has 0 radical (unpaired) electrons. The van der Waals surface area contributed by atoms with Gasteiger partial charge in [-0.15, -0.1) is 0 Å². The summed E-state index contributed by atoms with van der Waals surface area (Å²) in [4.78, 5) is 36.8. The standard InChI is InChI=1S/C25H20O10/c1-9-4-12(27)6-17(29)13(9)7-14-20(30)19(24(31)32)11(3)21-23(14)34-22-15(8-26)16(28)5-10(2)18(22)25(33)35-21/h4-6,8,27-30H,7H2,1-3H3,(H,31,32). The summed E-state index contributed by atoms with van der Waals surface area (Å²) < 4.78 is 11.4. The van der Waals surface area contributed by atoms with E-state index in [2.05, 4.69) is 0 Å². The Balaban J connectivity index is 2.08. The quantitative estimate of drug-likeness (QED) is 0.210. The number of aryl methyl sites for hydroxylation is 2. The molecule has 0 aromatic heterocycles. The third kappa shape index (κ3) is 3.65. The Morgan fingerprint density at radius 1 is 0.886 bits per heavy atom. The van der Waals surface area contributed by atoms with Crippen molar-refractivity contribution in [2.24, 2.45) is 0 Å². The molecule has 1 aliphatic heterocycles. The zero-order valence-corrected chi connectivity index (χ0v) is 18.8. The van der Waals surface area contributed by atoms with Crippen molar-refractivity contribution >= 4 is 18.2 Å². The van der Waals surface area contributed by atoms with E-state index >= 15 is 0 Å². The lowest BCUT2D eigenvalue weighted by Gasteiger charge is -2.20. The lowest BCUT2D eigenvalue weighted by atomic mass is 9.93. The third-order valence-electron chi connectivity index (χ3n) is 5.94. The summed E-state index contributed by atoms with van der Waals surface area (Å²) in [5, 5.41) is 51.1. The van der Waals surface area contributed by atoms with E-state index in [1.165, 1.54) is 26.0 Å². The first-order chi connectivity index (χ1) is 16.5. The molecule has 3 aromatic carbocycles. The minimum atomic E-state index is -1.50. The lowest BCUT2D eigenvalue weighted by molar-refractivity contribution is 0.0682. The van der Waals surface area contributed by atoms with Crippen LogP contribution in [0.3, 0.4) is 0 Å². The second kappa shape index (κ2) is 8.24. The Kier molecular flexibility index (Phi) is 5.52. The summed E-state index contributed by atoms with van der Waals surface area (Å²) in [6.45, 7) is 4.38. The monoisotopic (exact) mass is 480 g/mol. The highest BCUT2D eigenvalue weighted by Crippen LogP contribution is 2.51. The van der Waals surface area contributed by atoms with E-state index in [4.69, 9.17) is 9.47 Å². The molecule has 1 heterocycles. The maximum atomic E-state index is 13.0. The number of aldehydes is 1. The summed E-state index contributed by atoms with van der Waals surface area (Å²) >= 11 is 0. The van der Waals surface area contributed by atoms with Gasteiger partial charge in [0.2, 0.25) is 0 Å². The van der Waals surface area contributed by atoms with Gasteiger partial charge in [0.05, 0.1) is 5.56 Å². The van der Waals surface area contributed by atoms with Gasteiger partial charge in [0, 0.05) is 29.2 Å². The number of carbonyl (C=O) groups excluding carboxylic acids is 2. The van der Waals surface area contributed by atoms with Gasteiger partial charge in [-0.05, 0) is 44.0 Å². The summed E-state index contributed by atoms with van der Waals surface area (Å²) in [7, 11) is 0. The van der Waals surface area contributed by atoms with E-state index in [1.54, 1.807) is 6.92 Å². The highest BCUT2D eigenvalue weighted by molar-refractivity contribution is 6.03. The average Bonchev–Trinajstić information content (AvgIpc) is 2.89. The average molecular weight is 480 g/mol. The van der Waals surface area contributed by atoms with E-state index in [0.717, 1.165) is 6.07 Å². The van der Waals surface area contributed by atoms with Crippen LogP contribution in [0.4, 0.5) is 0 Å². The number of hydrogen-bond acceptors (Lipinski definition) is 9. The Labute approximate surface area is 198 Å². The fraction of sp³-hybridized carbons (Fsp3) is 0.160. The SMILES string of the molecule is Cc1cc(O)cc(O)c1Cc1c(O)c(C(=O)O)c(C)c2c1Oc1c(C=O)c(O)cc(C)c1C(=O)O2. The maximum Gasteiger partial charge on any atom is 0.347 e. The van der Waals surface area contributed by atoms with Crippen molar-refractivity contribution in [3.05, 3.63) is 62.7 Å². The zero-order chi connectivity index (χ0) is 25.8. The Morgan fingerprint density at radius 3 is 2.17 bits per heavy atom. The molecule has 0 spiro atoms. The molecule has 0 unspecified atom stereocenters. The lowest BCUT2D eigenvalue weighted by Crippen LogP contribution is -2.12. The van der Waals surface area contributed by atoms with Crippen LogP contribution in [-0.2, 0) is 6.42 Å². The first-order valence-electron chi connectivity index (χ1n) is 10.3. The Morgan fingerprint density at radius 2 is 1.57 bits per heavy atom. The van der Waals surface area contributed by atoms with Gasteiger partial charge in [-0.2, -0.15) is 0 Å². The number of aromatic carboxylic acids is 1. The van der Waals surface area contributed by atoms with Gasteiger partial charge in [0.25, 0.3) is 0 Å². The normalized spacial score (nSPS) is 12.1. The van der Waals surface area contributed by atoms with Gasteiger partial charge in [-0.3, -0.25) is 4.79 Å². The molecular formula is C25H20O10. The first kappa shape index (κ1) is 23.4. The van der Waals surface area contributed by atoms with Crippen LogP contribution < -0.4 is 9.47 Å². The molecule has 10 heteroatoms. The molecule has 1 aliphatic rings. The summed E-state index contributed by atoms with van der Waals surface area (Å²) in [5.41, 5.74) is -0.455. The number of ether oxygens (including phenoxy) is 2. The molecule has 180 valence electrons. The van der Waals surface area contributed by atoms with Crippen molar-refractivity contribution in [3.63, 3.8) is 0 Å². The van der Waals surface area contributed by atoms with E-state index < -0.39 is 29.0 Å². The smallest absolute Gasteiger partial charge is 0.347 e. The van der Waals surface area contributed by atoms with Crippen molar-refractivity contribution in [2.45, 2.75) is 27.2 Å². The molecule has 35 heavy (non-hydrogen) atoms. The molecule has 4 rings (SSSR count). The van der Waals surface area contributed by atoms with Gasteiger partial charge < -0.3 is 35.0 Å². The number of hydrogen-bond donors (Lipinski definition) is 5.